The third-order valence-electron chi connectivity index (χ3n) is 6.63. The maximum absolute atomic E-state index is 5.52. The minimum Gasteiger partial charge on any atom is -0.467 e. The topological polar surface area (TPSA) is 72.7 Å². The van der Waals surface area contributed by atoms with Gasteiger partial charge in [-0.3, -0.25) is 0 Å². The second-order valence-electron chi connectivity index (χ2n) is 9.30. The van der Waals surface area contributed by atoms with Gasteiger partial charge in [0.2, 0.25) is 5.95 Å². The molecular weight excluding hydrogens is 458 g/mol. The van der Waals surface area contributed by atoms with E-state index in [2.05, 4.69) is 68.7 Å². The number of aromatic nitrogens is 2. The minimum absolute atomic E-state index is 0.477. The van der Waals surface area contributed by atoms with Gasteiger partial charge in [-0.05, 0) is 55.2 Å². The molecule has 2 aliphatic rings. The van der Waals surface area contributed by atoms with Crippen LogP contribution in [0.15, 0.2) is 59.2 Å². The zero-order valence-corrected chi connectivity index (χ0v) is 21.0. The predicted molar refractivity (Wildman–Crippen MR) is 145 cm³/mol. The van der Waals surface area contributed by atoms with Crippen molar-refractivity contribution in [1.29, 1.82) is 0 Å². The van der Waals surface area contributed by atoms with Gasteiger partial charge in [0.15, 0.2) is 5.11 Å². The molecule has 2 saturated heterocycles. The number of anilines is 4. The lowest BCUT2D eigenvalue weighted by molar-refractivity contribution is 0.444. The first-order valence-electron chi connectivity index (χ1n) is 12.4. The highest BCUT2D eigenvalue weighted by Crippen LogP contribution is 2.27. The lowest BCUT2D eigenvalue weighted by atomic mass is 10.0. The number of furan rings is 1. The smallest absolute Gasteiger partial charge is 0.232 e. The molecule has 2 aliphatic heterocycles. The number of hydrogen-bond acceptors (Lipinski definition) is 7. The maximum atomic E-state index is 5.52. The van der Waals surface area contributed by atoms with Crippen LogP contribution in [-0.2, 0) is 6.54 Å². The number of nitrogens with zero attached hydrogens (tertiary/aromatic N) is 5. The van der Waals surface area contributed by atoms with Gasteiger partial charge in [0.25, 0.3) is 0 Å². The van der Waals surface area contributed by atoms with Crippen LogP contribution in [0.4, 0.5) is 23.3 Å². The van der Waals surface area contributed by atoms with E-state index in [4.69, 9.17) is 26.6 Å². The Morgan fingerprint density at radius 2 is 1.71 bits per heavy atom. The molecule has 0 saturated carbocycles. The average molecular weight is 492 g/mol. The molecule has 35 heavy (non-hydrogen) atoms. The van der Waals surface area contributed by atoms with Crippen LogP contribution in [0.5, 0.6) is 0 Å². The third kappa shape index (κ3) is 6.03. The van der Waals surface area contributed by atoms with E-state index in [0.29, 0.717) is 23.5 Å². The molecule has 9 heteroatoms. The summed E-state index contributed by atoms with van der Waals surface area (Å²) in [7, 11) is 0. The molecule has 0 aliphatic carbocycles. The largest absolute Gasteiger partial charge is 0.467 e. The van der Waals surface area contributed by atoms with Crippen LogP contribution in [0.3, 0.4) is 0 Å². The molecule has 5 rings (SSSR count). The molecular formula is C26H33N7OS. The predicted octanol–water partition coefficient (Wildman–Crippen LogP) is 4.12. The second-order valence-corrected chi connectivity index (χ2v) is 9.71. The number of benzene rings is 1. The number of nitrogens with one attached hydrogen (secondary N) is 2. The van der Waals surface area contributed by atoms with Crippen LogP contribution in [0.25, 0.3) is 0 Å². The van der Waals surface area contributed by atoms with Crippen molar-refractivity contribution in [2.24, 2.45) is 5.92 Å². The Hall–Kier alpha value is -3.33. The summed E-state index contributed by atoms with van der Waals surface area (Å²) >= 11 is 5.52. The molecule has 0 spiro atoms. The van der Waals surface area contributed by atoms with E-state index in [1.807, 2.05) is 12.1 Å². The van der Waals surface area contributed by atoms with Gasteiger partial charge in [0.05, 0.1) is 12.8 Å². The number of rotatable bonds is 6. The molecule has 0 radical (unpaired) electrons. The average Bonchev–Trinajstić information content (AvgIpc) is 3.42. The van der Waals surface area contributed by atoms with Gasteiger partial charge in [-0.25, -0.2) is 0 Å². The van der Waals surface area contributed by atoms with Crippen LogP contribution in [0, 0.1) is 5.92 Å². The number of piperazine rings is 1. The summed E-state index contributed by atoms with van der Waals surface area (Å²) in [5, 5.41) is 6.85. The molecule has 1 atom stereocenters. The summed E-state index contributed by atoms with van der Waals surface area (Å²) in [6.45, 7) is 8.57. The first-order chi connectivity index (χ1) is 17.1. The first-order valence-corrected chi connectivity index (χ1v) is 12.8. The minimum atomic E-state index is 0.477. The van der Waals surface area contributed by atoms with Crippen molar-refractivity contribution in [2.75, 3.05) is 59.3 Å². The summed E-state index contributed by atoms with van der Waals surface area (Å²) in [6.07, 6.45) is 4.10. The van der Waals surface area contributed by atoms with Crippen LogP contribution >= 0.6 is 12.2 Å². The summed E-state index contributed by atoms with van der Waals surface area (Å²) in [6, 6.07) is 16.5. The molecule has 184 valence electrons. The Balaban J connectivity index is 1.31. The normalized spacial score (nSPS) is 18.4. The van der Waals surface area contributed by atoms with Crippen LogP contribution < -0.4 is 25.3 Å². The highest BCUT2D eigenvalue weighted by molar-refractivity contribution is 7.80. The van der Waals surface area contributed by atoms with E-state index in [0.717, 1.165) is 56.7 Å². The van der Waals surface area contributed by atoms with Crippen molar-refractivity contribution >= 4 is 40.6 Å². The Kier molecular flexibility index (Phi) is 7.32. The molecule has 8 nitrogen and oxygen atoms in total. The monoisotopic (exact) mass is 491 g/mol. The summed E-state index contributed by atoms with van der Waals surface area (Å²) in [5.41, 5.74) is 1.27. The van der Waals surface area contributed by atoms with Gasteiger partial charge in [-0.15, -0.1) is 0 Å². The van der Waals surface area contributed by atoms with Gasteiger partial charge in [0, 0.05) is 51.0 Å². The molecule has 4 heterocycles. The summed E-state index contributed by atoms with van der Waals surface area (Å²) in [4.78, 5) is 16.9. The van der Waals surface area contributed by atoms with E-state index in [1.54, 1.807) is 6.26 Å². The SMILES string of the molecule is C[C@@H]1CCCN(c2cc(N3CCN(c4ccccc4)CC3)nc(NC(=S)NCc3ccco3)n2)C1. The number of piperidine rings is 1. The fourth-order valence-electron chi connectivity index (χ4n) is 4.76. The fourth-order valence-corrected chi connectivity index (χ4v) is 4.92. The molecule has 0 unspecified atom stereocenters. The zero-order valence-electron chi connectivity index (χ0n) is 20.2. The van der Waals surface area contributed by atoms with Gasteiger partial charge < -0.3 is 29.8 Å². The first kappa shape index (κ1) is 23.4. The van der Waals surface area contributed by atoms with Crippen LogP contribution in [-0.4, -0.2) is 54.3 Å². The Labute approximate surface area is 212 Å². The standard InChI is InChI=1S/C26H33N7OS/c1-20-7-5-11-33(19-20)24-17-23(32-14-12-31(13-15-32)21-8-3-2-4-9-21)28-25(29-24)30-26(35)27-18-22-10-6-16-34-22/h2-4,6,8-10,16-17,20H,5,7,11-15,18-19H2,1H3,(H2,27,28,29,30,35)/t20-/m1/s1. The lowest BCUT2D eigenvalue weighted by Crippen LogP contribution is -2.47. The lowest BCUT2D eigenvalue weighted by Gasteiger charge is -2.37. The van der Waals surface area contributed by atoms with E-state index >= 15 is 0 Å². The highest BCUT2D eigenvalue weighted by atomic mass is 32.1. The number of hydrogen-bond donors (Lipinski definition) is 2. The zero-order chi connectivity index (χ0) is 24.0. The van der Waals surface area contributed by atoms with Gasteiger partial charge in [-0.2, -0.15) is 9.97 Å². The fraction of sp³-hybridized carbons (Fsp3) is 0.423. The second kappa shape index (κ2) is 10.9. The van der Waals surface area contributed by atoms with Crippen molar-refractivity contribution in [2.45, 2.75) is 26.3 Å². The van der Waals surface area contributed by atoms with Gasteiger partial charge in [0.1, 0.15) is 17.4 Å². The molecule has 2 fully saturated rings. The van der Waals surface area contributed by atoms with Crippen molar-refractivity contribution in [3.63, 3.8) is 0 Å². The molecule has 3 aromatic rings. The van der Waals surface area contributed by atoms with E-state index in [-0.39, 0.29) is 0 Å². The molecule has 2 aromatic heterocycles. The molecule has 0 amide bonds. The quantitative estimate of drug-likeness (QED) is 0.496. The van der Waals surface area contributed by atoms with Crippen molar-refractivity contribution in [1.82, 2.24) is 15.3 Å². The molecule has 1 aromatic carbocycles. The number of thiocarbonyl (C=S) groups is 1. The van der Waals surface area contributed by atoms with Crippen LogP contribution in [0.1, 0.15) is 25.5 Å². The number of para-hydroxylation sites is 1. The third-order valence-corrected chi connectivity index (χ3v) is 6.88. The highest BCUT2D eigenvalue weighted by Gasteiger charge is 2.23. The van der Waals surface area contributed by atoms with Gasteiger partial charge in [-0.1, -0.05) is 25.1 Å². The Bertz CT molecular complexity index is 1100. The summed E-state index contributed by atoms with van der Waals surface area (Å²) < 4.78 is 5.38. The van der Waals surface area contributed by atoms with Crippen molar-refractivity contribution in [3.8, 4) is 0 Å². The van der Waals surface area contributed by atoms with E-state index < -0.39 is 0 Å². The molecule has 0 bridgehead atoms. The van der Waals surface area contributed by atoms with E-state index in [1.165, 1.54) is 18.5 Å². The Morgan fingerprint density at radius 3 is 2.43 bits per heavy atom. The van der Waals surface area contributed by atoms with Crippen LogP contribution in [0.2, 0.25) is 0 Å². The van der Waals surface area contributed by atoms with Crippen molar-refractivity contribution < 1.29 is 4.42 Å². The van der Waals surface area contributed by atoms with Gasteiger partial charge >= 0.3 is 0 Å². The molecule has 2 N–H and O–H groups in total. The maximum Gasteiger partial charge on any atom is 0.232 e. The van der Waals surface area contributed by atoms with Crippen molar-refractivity contribution in [3.05, 3.63) is 60.6 Å². The van der Waals surface area contributed by atoms with E-state index in [9.17, 15) is 0 Å². The summed E-state index contributed by atoms with van der Waals surface area (Å²) in [5.74, 6) is 3.91. The Morgan fingerprint density at radius 1 is 0.971 bits per heavy atom.